The second kappa shape index (κ2) is 28.5. The van der Waals surface area contributed by atoms with Gasteiger partial charge in [0.25, 0.3) is 5.91 Å². The average molecular weight is 1120 g/mol. The van der Waals surface area contributed by atoms with Crippen LogP contribution in [0.5, 0.6) is 11.5 Å². The van der Waals surface area contributed by atoms with Gasteiger partial charge in [0.05, 0.1) is 70.1 Å². The van der Waals surface area contributed by atoms with Gasteiger partial charge in [0.2, 0.25) is 5.91 Å². The molecule has 6 N–H and O–H groups in total. The maximum absolute atomic E-state index is 14.4. The molecule has 3 aliphatic heterocycles. The van der Waals surface area contributed by atoms with Crippen molar-refractivity contribution in [2.45, 2.75) is 32.4 Å². The highest BCUT2D eigenvalue weighted by Crippen LogP contribution is 2.47. The minimum Gasteiger partial charge on any atom is -0.496 e. The number of aromatic nitrogens is 2. The molecule has 422 valence electrons. The molecule has 7 rings (SSSR count). The van der Waals surface area contributed by atoms with Gasteiger partial charge in [0.15, 0.2) is 5.69 Å². The molecule has 1 aromatic heterocycles. The molecule has 0 bridgehead atoms. The second-order valence-corrected chi connectivity index (χ2v) is 20.5. The fourth-order valence-corrected chi connectivity index (χ4v) is 9.95. The number of hydrogen-bond donors (Lipinski definition) is 6. The van der Waals surface area contributed by atoms with Crippen LogP contribution in [0.15, 0.2) is 54.6 Å². The van der Waals surface area contributed by atoms with Crippen LogP contribution in [0.2, 0.25) is 10.0 Å². The highest BCUT2D eigenvalue weighted by Gasteiger charge is 2.39. The van der Waals surface area contributed by atoms with Gasteiger partial charge in [-0.2, -0.15) is 5.10 Å². The predicted octanol–water partition coefficient (Wildman–Crippen LogP) is 3.45. The van der Waals surface area contributed by atoms with Gasteiger partial charge < -0.3 is 60.1 Å². The summed E-state index contributed by atoms with van der Waals surface area (Å²) in [4.78, 5) is 83.9. The number of nitrogens with one attached hydrogen (secondary N) is 4. The summed E-state index contributed by atoms with van der Waals surface area (Å²) in [7, 11) is 1.56. The maximum Gasteiger partial charge on any atom is 0.319 e. The van der Waals surface area contributed by atoms with Crippen LogP contribution in [0.25, 0.3) is 28.1 Å². The van der Waals surface area contributed by atoms with Crippen molar-refractivity contribution in [1.29, 1.82) is 0 Å². The Morgan fingerprint density at radius 1 is 0.795 bits per heavy atom. The normalized spacial score (nSPS) is 16.6. The first-order chi connectivity index (χ1) is 37.5. The molecular weight excluding hydrogens is 1050 g/mol. The Hall–Kier alpha value is -6.41. The summed E-state index contributed by atoms with van der Waals surface area (Å²) < 4.78 is 25.3. The van der Waals surface area contributed by atoms with Gasteiger partial charge in [-0.15, -0.1) is 0 Å². The van der Waals surface area contributed by atoms with Gasteiger partial charge in [-0.1, -0.05) is 35.3 Å². The zero-order chi connectivity index (χ0) is 55.8. The molecule has 4 aromatic rings. The van der Waals surface area contributed by atoms with E-state index in [9.17, 15) is 39.0 Å². The van der Waals surface area contributed by atoms with E-state index in [0.717, 1.165) is 6.29 Å². The Balaban J connectivity index is 0.888. The monoisotopic (exact) mass is 1120 g/mol. The molecule has 0 atom stereocenters. The van der Waals surface area contributed by atoms with E-state index in [0.29, 0.717) is 153 Å². The molecule has 0 saturated carbocycles. The number of ether oxygens (including phenoxy) is 4. The van der Waals surface area contributed by atoms with Gasteiger partial charge in [-0.25, -0.2) is 9.48 Å². The Bertz CT molecular complexity index is 2710. The first-order valence-corrected chi connectivity index (χ1v) is 26.6. The van der Waals surface area contributed by atoms with Crippen LogP contribution in [-0.2, 0) is 35.3 Å². The first kappa shape index (κ1) is 59.3. The number of nitrogens with zero attached hydrogens (tertiary/aromatic N) is 7. The Kier molecular flexibility index (Phi) is 21.6. The van der Waals surface area contributed by atoms with Crippen LogP contribution in [0.4, 0.5) is 10.5 Å². The van der Waals surface area contributed by atoms with Crippen molar-refractivity contribution in [3.63, 3.8) is 0 Å². The molecular formula is C53H69Cl2N11O12. The van der Waals surface area contributed by atoms with Gasteiger partial charge in [0.1, 0.15) is 24.4 Å². The number of morpholine rings is 1. The van der Waals surface area contributed by atoms with E-state index in [2.05, 4.69) is 26.2 Å². The molecule has 0 unspecified atom stereocenters. The summed E-state index contributed by atoms with van der Waals surface area (Å²) >= 11 is 13.0. The minimum atomic E-state index is -0.942. The number of methoxy groups -OCH3 is 1. The van der Waals surface area contributed by atoms with E-state index in [1.807, 2.05) is 40.7 Å². The summed E-state index contributed by atoms with van der Waals surface area (Å²) in [5.74, 6) is -1.38. The van der Waals surface area contributed by atoms with Crippen LogP contribution in [-0.4, -0.2) is 224 Å². The number of urea groups is 1. The fourth-order valence-electron chi connectivity index (χ4n) is 9.43. The number of carbonyl (C=O) groups is 6. The molecule has 3 aromatic carbocycles. The lowest BCUT2D eigenvalue weighted by atomic mass is 9.95. The Morgan fingerprint density at radius 2 is 1.46 bits per heavy atom. The van der Waals surface area contributed by atoms with E-state index in [-0.39, 0.29) is 69.9 Å². The Morgan fingerprint density at radius 3 is 2.12 bits per heavy atom. The SMILES string of the molecule is COc1cc2c(cc1-c1cccc(NC(=O)NCCNC(=O)CCOCCNCN3CCN(CC(=O)O)CCN(CC=O)CCN(CC(=O)O)CC3)c1)-c1c(c(C(=O)N3CCOCC3(C)C)nn1-c1cc(Cl)cc(Cl)c1)CO2. The van der Waals surface area contributed by atoms with Crippen LogP contribution >= 0.6 is 23.2 Å². The third-order valence-electron chi connectivity index (χ3n) is 13.5. The molecule has 25 heteroatoms. The Labute approximate surface area is 462 Å². The molecule has 2 fully saturated rings. The number of aldehydes is 1. The smallest absolute Gasteiger partial charge is 0.319 e. The van der Waals surface area contributed by atoms with E-state index in [1.54, 1.807) is 59.2 Å². The van der Waals surface area contributed by atoms with Gasteiger partial charge in [-0.05, 0) is 55.8 Å². The summed E-state index contributed by atoms with van der Waals surface area (Å²) in [5, 5.41) is 36.4. The van der Waals surface area contributed by atoms with E-state index in [1.165, 1.54) is 0 Å². The third-order valence-corrected chi connectivity index (χ3v) is 13.9. The highest BCUT2D eigenvalue weighted by atomic mass is 35.5. The molecule has 0 aliphatic carbocycles. The van der Waals surface area contributed by atoms with Gasteiger partial charge in [0, 0.05) is 130 Å². The van der Waals surface area contributed by atoms with E-state index in [4.69, 9.17) is 47.2 Å². The average Bonchev–Trinajstić information content (AvgIpc) is 4.05. The summed E-state index contributed by atoms with van der Waals surface area (Å²) in [6, 6.07) is 15.5. The van der Waals surface area contributed by atoms with Crippen molar-refractivity contribution in [2.75, 3.05) is 144 Å². The number of amides is 4. The molecule has 4 heterocycles. The van der Waals surface area contributed by atoms with Crippen molar-refractivity contribution in [2.24, 2.45) is 0 Å². The molecule has 23 nitrogen and oxygen atoms in total. The quantitative estimate of drug-likeness (QED) is 0.0486. The topological polar surface area (TPSA) is 262 Å². The van der Waals surface area contributed by atoms with Crippen molar-refractivity contribution < 1.29 is 57.9 Å². The fraction of sp³-hybridized carbons (Fsp3) is 0.491. The number of rotatable bonds is 22. The predicted molar refractivity (Wildman–Crippen MR) is 292 cm³/mol. The van der Waals surface area contributed by atoms with E-state index >= 15 is 0 Å². The summed E-state index contributed by atoms with van der Waals surface area (Å²) in [6.45, 7) is 10.6. The molecule has 3 aliphatic rings. The number of aliphatic carboxylic acids is 2. The lowest BCUT2D eigenvalue weighted by Gasteiger charge is -2.41. The molecule has 78 heavy (non-hydrogen) atoms. The lowest BCUT2D eigenvalue weighted by molar-refractivity contribution is -0.139. The standard InChI is InChI=1S/C53H69Cl2N11O12/c1-53(2)34-77-24-20-65(53)51(73)49-43-33-78-45-30-44(75-3)41(29-42(45)50(43)66(60-49)40-27-37(54)26-38(55)28-40)36-5-4-6-39(25-36)59-52(74)58-9-8-57-46(68)7-22-76-23-10-56-35-64-17-15-62(31-47(69)70)13-11-61(19-21-67)12-14-63(16-18-64)32-48(71)72/h4-6,21,25-30,56H,7-20,22-24,31-35H2,1-3H3,(H,57,68)(H,69,70)(H,71,72)(H2,58,59,74). The zero-order valence-corrected chi connectivity index (χ0v) is 45.7. The van der Waals surface area contributed by atoms with Crippen LogP contribution in [0.1, 0.15) is 36.3 Å². The minimum absolute atomic E-state index is 0.0618. The van der Waals surface area contributed by atoms with Gasteiger partial charge >= 0.3 is 18.0 Å². The number of carboxylic acids is 2. The number of anilines is 1. The molecule has 0 spiro atoms. The maximum atomic E-state index is 14.4. The number of carboxylic acid groups (broad SMARTS) is 2. The van der Waals surface area contributed by atoms with Crippen molar-refractivity contribution in [1.82, 2.24) is 50.2 Å². The lowest BCUT2D eigenvalue weighted by Crippen LogP contribution is -2.55. The number of carbonyl (C=O) groups excluding carboxylic acids is 4. The van der Waals surface area contributed by atoms with Crippen LogP contribution < -0.4 is 30.7 Å². The third kappa shape index (κ3) is 16.6. The summed E-state index contributed by atoms with van der Waals surface area (Å²) in [6.07, 6.45) is 0.904. The highest BCUT2D eigenvalue weighted by molar-refractivity contribution is 6.34. The zero-order valence-electron chi connectivity index (χ0n) is 44.2. The molecule has 4 amide bonds. The summed E-state index contributed by atoms with van der Waals surface area (Å²) in [5.41, 5.74) is 3.93. The van der Waals surface area contributed by atoms with Crippen LogP contribution in [0.3, 0.4) is 0 Å². The number of fused-ring (bicyclic) bond motifs is 3. The van der Waals surface area contributed by atoms with Crippen molar-refractivity contribution in [3.8, 4) is 39.6 Å². The van der Waals surface area contributed by atoms with Crippen LogP contribution in [0, 0.1) is 0 Å². The van der Waals surface area contributed by atoms with Crippen molar-refractivity contribution in [3.05, 3.63) is 75.9 Å². The van der Waals surface area contributed by atoms with Gasteiger partial charge in [-0.3, -0.25) is 38.8 Å². The number of hydrogen-bond acceptors (Lipinski definition) is 16. The largest absolute Gasteiger partial charge is 0.496 e. The first-order valence-electron chi connectivity index (χ1n) is 25.8. The number of halogens is 2. The van der Waals surface area contributed by atoms with E-state index < -0.39 is 23.5 Å². The second-order valence-electron chi connectivity index (χ2n) is 19.6. The molecule has 2 saturated heterocycles. The number of benzene rings is 3. The van der Waals surface area contributed by atoms with Crippen molar-refractivity contribution >= 4 is 65.0 Å². The molecule has 0 radical (unpaired) electrons.